The molecule has 10 rings (SSSR count). The van der Waals surface area contributed by atoms with Crippen LogP contribution in [0.4, 0.5) is 22.7 Å². The average molecular weight is 911 g/mol. The van der Waals surface area contributed by atoms with Gasteiger partial charge in [-0.25, -0.2) is 0 Å². The van der Waals surface area contributed by atoms with Gasteiger partial charge in [-0.3, -0.25) is 28.8 Å². The fourth-order valence-electron chi connectivity index (χ4n) is 8.56. The molecule has 0 heterocycles. The van der Waals surface area contributed by atoms with Crippen LogP contribution in [0.15, 0.2) is 170 Å². The van der Waals surface area contributed by atoms with Crippen LogP contribution in [0.5, 0.6) is 11.5 Å². The molecule has 0 fully saturated rings. The Kier molecular flexibility index (Phi) is 11.4. The Balaban J connectivity index is 0.686. The van der Waals surface area contributed by atoms with Crippen molar-refractivity contribution in [1.82, 2.24) is 0 Å². The molecule has 69 heavy (non-hydrogen) atoms. The number of anilines is 4. The SMILES string of the molecule is O=C(CC(=O)OCc1ccc(-c2ccc(Nc3ccc(O)c4c3C(=O)c3ccccc3C4=O)cc2)cc1)OCc1ccc(-c2ccc(Nc3ccc(O)c4c3C(=O)c3ccccc3C4=O)cc2)cc1. The summed E-state index contributed by atoms with van der Waals surface area (Å²) >= 11 is 0. The van der Waals surface area contributed by atoms with Crippen LogP contribution >= 0.6 is 0 Å². The Bertz CT molecular complexity index is 3190. The molecule has 0 aromatic heterocycles. The molecule has 0 unspecified atom stereocenters. The predicted octanol–water partition coefficient (Wildman–Crippen LogP) is 10.6. The van der Waals surface area contributed by atoms with E-state index in [2.05, 4.69) is 10.6 Å². The predicted molar refractivity (Wildman–Crippen MR) is 257 cm³/mol. The molecule has 0 radical (unpaired) electrons. The first-order valence-electron chi connectivity index (χ1n) is 21.8. The number of phenolic OH excluding ortho intramolecular Hbond substituents is 2. The molecule has 12 heteroatoms. The number of esters is 2. The molecule has 0 saturated carbocycles. The van der Waals surface area contributed by atoms with Crippen molar-refractivity contribution in [2.24, 2.45) is 0 Å². The van der Waals surface area contributed by atoms with E-state index in [0.29, 0.717) is 22.7 Å². The Hall–Kier alpha value is -9.42. The number of carbonyl (C=O) groups excluding carboxylic acids is 6. The highest BCUT2D eigenvalue weighted by Crippen LogP contribution is 2.40. The lowest BCUT2D eigenvalue weighted by atomic mass is 9.82. The van der Waals surface area contributed by atoms with Gasteiger partial charge in [-0.05, 0) is 81.9 Å². The second kappa shape index (κ2) is 18.1. The van der Waals surface area contributed by atoms with Crippen LogP contribution in [-0.2, 0) is 32.3 Å². The monoisotopic (exact) mass is 910 g/mol. The van der Waals surface area contributed by atoms with Crippen LogP contribution in [-0.4, -0.2) is 45.3 Å². The zero-order valence-electron chi connectivity index (χ0n) is 36.4. The number of phenols is 2. The third-order valence-corrected chi connectivity index (χ3v) is 12.1. The van der Waals surface area contributed by atoms with Gasteiger partial charge >= 0.3 is 11.9 Å². The minimum absolute atomic E-state index is 0.0239. The van der Waals surface area contributed by atoms with Crippen molar-refractivity contribution in [3.05, 3.63) is 225 Å². The molecule has 2 aliphatic carbocycles. The molecule has 0 atom stereocenters. The molecule has 8 aromatic rings. The highest BCUT2D eigenvalue weighted by molar-refractivity contribution is 6.32. The molecule has 2 aliphatic rings. The van der Waals surface area contributed by atoms with Crippen molar-refractivity contribution < 1.29 is 48.5 Å². The second-order valence-electron chi connectivity index (χ2n) is 16.5. The number of fused-ring (bicyclic) bond motifs is 4. The summed E-state index contributed by atoms with van der Waals surface area (Å²) in [6.07, 6.45) is -0.549. The van der Waals surface area contributed by atoms with Crippen molar-refractivity contribution in [1.29, 1.82) is 0 Å². The summed E-state index contributed by atoms with van der Waals surface area (Å²) in [5, 5.41) is 27.5. The van der Waals surface area contributed by atoms with Gasteiger partial charge in [-0.2, -0.15) is 0 Å². The topological polar surface area (TPSA) is 185 Å². The highest BCUT2D eigenvalue weighted by Gasteiger charge is 2.35. The van der Waals surface area contributed by atoms with E-state index in [4.69, 9.17) is 9.47 Å². The number of carbonyl (C=O) groups is 6. The molecule has 336 valence electrons. The lowest BCUT2D eigenvalue weighted by molar-refractivity contribution is -0.156. The molecule has 12 nitrogen and oxygen atoms in total. The van der Waals surface area contributed by atoms with E-state index in [0.717, 1.165) is 33.4 Å². The molecular formula is C57H38N2O10. The number of nitrogens with one attached hydrogen (secondary N) is 2. The Morgan fingerprint density at radius 1 is 0.377 bits per heavy atom. The zero-order valence-corrected chi connectivity index (χ0v) is 36.4. The minimum atomic E-state index is -0.721. The lowest BCUT2D eigenvalue weighted by Gasteiger charge is -2.21. The van der Waals surface area contributed by atoms with Gasteiger partial charge in [-0.15, -0.1) is 0 Å². The van der Waals surface area contributed by atoms with E-state index in [9.17, 15) is 39.0 Å². The maximum absolute atomic E-state index is 13.5. The van der Waals surface area contributed by atoms with Gasteiger partial charge in [0.1, 0.15) is 31.1 Å². The summed E-state index contributed by atoms with van der Waals surface area (Å²) in [5.74, 6) is -3.47. The first-order valence-corrected chi connectivity index (χ1v) is 21.8. The van der Waals surface area contributed by atoms with Crippen LogP contribution in [0, 0.1) is 0 Å². The van der Waals surface area contributed by atoms with E-state index in [1.165, 1.54) is 12.1 Å². The molecule has 8 aromatic carbocycles. The third kappa shape index (κ3) is 8.49. The number of rotatable bonds is 12. The number of ether oxygens (including phenoxy) is 2. The second-order valence-corrected chi connectivity index (χ2v) is 16.5. The Labute approximate surface area is 394 Å². The Morgan fingerprint density at radius 2 is 0.681 bits per heavy atom. The first kappa shape index (κ1) is 43.5. The molecule has 4 N–H and O–H groups in total. The van der Waals surface area contributed by atoms with Gasteiger partial charge in [0.25, 0.3) is 0 Å². The molecule has 0 aliphatic heterocycles. The van der Waals surface area contributed by atoms with Gasteiger partial charge in [0.2, 0.25) is 0 Å². The fourth-order valence-corrected chi connectivity index (χ4v) is 8.56. The molecular weight excluding hydrogens is 873 g/mol. The molecule has 0 spiro atoms. The maximum atomic E-state index is 13.5. The van der Waals surface area contributed by atoms with Crippen LogP contribution in [0.3, 0.4) is 0 Å². The van der Waals surface area contributed by atoms with E-state index in [1.54, 1.807) is 60.7 Å². The van der Waals surface area contributed by atoms with Gasteiger partial charge in [0.15, 0.2) is 23.1 Å². The lowest BCUT2D eigenvalue weighted by Crippen LogP contribution is -2.22. The van der Waals surface area contributed by atoms with E-state index < -0.39 is 29.9 Å². The summed E-state index contributed by atoms with van der Waals surface area (Å²) < 4.78 is 10.7. The normalized spacial score (nSPS) is 12.3. The smallest absolute Gasteiger partial charge is 0.317 e. The number of hydrogen-bond acceptors (Lipinski definition) is 12. The van der Waals surface area contributed by atoms with E-state index >= 15 is 0 Å². The number of ketones is 4. The Morgan fingerprint density at radius 3 is 1.01 bits per heavy atom. The summed E-state index contributed by atoms with van der Waals surface area (Å²) in [7, 11) is 0. The van der Waals surface area contributed by atoms with Crippen molar-refractivity contribution in [3.63, 3.8) is 0 Å². The van der Waals surface area contributed by atoms with Gasteiger partial charge in [-0.1, -0.05) is 121 Å². The van der Waals surface area contributed by atoms with Crippen molar-refractivity contribution in [2.75, 3.05) is 10.6 Å². The largest absolute Gasteiger partial charge is 0.507 e. The summed E-state index contributed by atoms with van der Waals surface area (Å²) in [5.41, 5.74) is 8.46. The quantitative estimate of drug-likeness (QED) is 0.0517. The van der Waals surface area contributed by atoms with Crippen LogP contribution < -0.4 is 10.6 Å². The maximum Gasteiger partial charge on any atom is 0.317 e. The van der Waals surface area contributed by atoms with Crippen LogP contribution in [0.2, 0.25) is 0 Å². The summed E-state index contributed by atoms with van der Waals surface area (Å²) in [6, 6.07) is 48.8. The van der Waals surface area contributed by atoms with Gasteiger partial charge in [0.05, 0.1) is 33.6 Å². The van der Waals surface area contributed by atoms with Crippen molar-refractivity contribution in [2.45, 2.75) is 19.6 Å². The summed E-state index contributed by atoms with van der Waals surface area (Å²) in [4.78, 5) is 78.4. The molecule has 0 saturated heterocycles. The average Bonchev–Trinajstić information content (AvgIpc) is 3.37. The summed E-state index contributed by atoms with van der Waals surface area (Å²) in [6.45, 7) is -0.0736. The number of aromatic hydroxyl groups is 2. The van der Waals surface area contributed by atoms with E-state index in [1.807, 2.05) is 97.1 Å². The van der Waals surface area contributed by atoms with Gasteiger partial charge in [0, 0.05) is 33.6 Å². The van der Waals surface area contributed by atoms with Crippen molar-refractivity contribution in [3.8, 4) is 33.8 Å². The number of hydrogen-bond donors (Lipinski definition) is 4. The van der Waals surface area contributed by atoms with Gasteiger partial charge < -0.3 is 30.3 Å². The van der Waals surface area contributed by atoms with Crippen LogP contribution in [0.1, 0.15) is 81.2 Å². The van der Waals surface area contributed by atoms with Crippen molar-refractivity contribution >= 4 is 57.8 Å². The molecule has 0 amide bonds. The first-order chi connectivity index (χ1) is 33.5. The van der Waals surface area contributed by atoms with Crippen LogP contribution in [0.25, 0.3) is 22.3 Å². The third-order valence-electron chi connectivity index (χ3n) is 12.1. The highest BCUT2D eigenvalue weighted by atomic mass is 16.6. The minimum Gasteiger partial charge on any atom is -0.507 e. The zero-order chi connectivity index (χ0) is 47.8. The number of benzene rings is 8. The fraction of sp³-hybridized carbons (Fsp3) is 0.0526. The standard InChI is InChI=1S/C57H38N2O10/c60-46-27-25-44(50-52(46)56(66)42-7-3-1-5-40(42)54(50)64)58-38-21-17-36(18-22-38)34-13-9-32(10-14-34)30-68-48(62)29-49(63)69-31-33-11-15-35(16-12-33)37-19-23-39(24-20-37)59-45-26-28-47(61)53-51(45)55(65)41-6-2-4-8-43(41)57(53)67/h1-28,58-61H,29-31H2. The van der Waals surface area contributed by atoms with E-state index in [-0.39, 0.29) is 80.8 Å². The molecule has 0 bridgehead atoms.